The van der Waals surface area contributed by atoms with Crippen LogP contribution < -0.4 is 0 Å². The maximum atomic E-state index is 6.04. The topological polar surface area (TPSA) is 0 Å². The maximum absolute atomic E-state index is 6.04. The second kappa shape index (κ2) is 3.86. The first-order chi connectivity index (χ1) is 7.16. The minimum atomic E-state index is 0.591. The quantitative estimate of drug-likeness (QED) is 0.618. The van der Waals surface area contributed by atoms with E-state index in [1.165, 1.54) is 33.0 Å². The molecule has 1 heteroatoms. The first-order valence-electron chi connectivity index (χ1n) is 5.20. The Morgan fingerprint density at radius 3 is 2.07 bits per heavy atom. The molecule has 0 unspecified atom stereocenters. The van der Waals surface area contributed by atoms with Gasteiger partial charge >= 0.3 is 0 Å². The summed E-state index contributed by atoms with van der Waals surface area (Å²) in [6.07, 6.45) is 0. The van der Waals surface area contributed by atoms with E-state index in [-0.39, 0.29) is 0 Å². The molecule has 0 radical (unpaired) electrons. The molecule has 2 rings (SSSR count). The first kappa shape index (κ1) is 10.5. The average Bonchev–Trinajstić information content (AvgIpc) is 2.27. The first-order valence-corrected chi connectivity index (χ1v) is 5.73. The number of alkyl halides is 1. The summed E-state index contributed by atoms with van der Waals surface area (Å²) >= 11 is 6.04. The van der Waals surface area contributed by atoms with Crippen LogP contribution in [-0.2, 0) is 5.88 Å². The largest absolute Gasteiger partial charge is 0.122 e. The molecule has 0 bridgehead atoms. The summed E-state index contributed by atoms with van der Waals surface area (Å²) in [5, 5.41) is 2.63. The Morgan fingerprint density at radius 2 is 1.47 bits per heavy atom. The van der Waals surface area contributed by atoms with E-state index >= 15 is 0 Å². The van der Waals surface area contributed by atoms with Crippen LogP contribution in [0.4, 0.5) is 0 Å². The van der Waals surface area contributed by atoms with Crippen molar-refractivity contribution >= 4 is 22.4 Å². The Balaban J connectivity index is 2.98. The predicted molar refractivity (Wildman–Crippen MR) is 67.7 cm³/mol. The van der Waals surface area contributed by atoms with Crippen LogP contribution in [0, 0.1) is 20.8 Å². The highest BCUT2D eigenvalue weighted by Gasteiger charge is 2.09. The molecule has 2 aromatic rings. The van der Waals surface area contributed by atoms with Gasteiger partial charge in [0.1, 0.15) is 0 Å². The van der Waals surface area contributed by atoms with Crippen LogP contribution in [0.5, 0.6) is 0 Å². The fourth-order valence-corrected chi connectivity index (χ4v) is 2.50. The number of hydrogen-bond donors (Lipinski definition) is 0. The van der Waals surface area contributed by atoms with E-state index in [0.717, 1.165) is 0 Å². The smallest absolute Gasteiger partial charge is 0.0482 e. The summed E-state index contributed by atoms with van der Waals surface area (Å²) in [6, 6.07) is 8.49. The summed E-state index contributed by atoms with van der Waals surface area (Å²) in [4.78, 5) is 0. The summed E-state index contributed by atoms with van der Waals surface area (Å²) in [5.41, 5.74) is 5.35. The number of fused-ring (bicyclic) bond motifs is 1. The van der Waals surface area contributed by atoms with Gasteiger partial charge in [0.15, 0.2) is 0 Å². The van der Waals surface area contributed by atoms with Gasteiger partial charge in [-0.05, 0) is 53.8 Å². The SMILES string of the molecule is Cc1c(C)c(CCl)c2ccccc2c1C. The summed E-state index contributed by atoms with van der Waals surface area (Å²) in [6.45, 7) is 6.52. The highest BCUT2D eigenvalue weighted by Crippen LogP contribution is 2.30. The molecule has 0 aliphatic carbocycles. The maximum Gasteiger partial charge on any atom is 0.0482 e. The van der Waals surface area contributed by atoms with Crippen LogP contribution in [0.1, 0.15) is 22.3 Å². The number of halogens is 1. The fourth-order valence-electron chi connectivity index (χ4n) is 2.16. The van der Waals surface area contributed by atoms with Crippen molar-refractivity contribution in [3.63, 3.8) is 0 Å². The Hall–Kier alpha value is -1.01. The molecule has 2 aromatic carbocycles. The molecular weight excluding hydrogens is 204 g/mol. The minimum Gasteiger partial charge on any atom is -0.122 e. The lowest BCUT2D eigenvalue weighted by Crippen LogP contribution is -1.95. The minimum absolute atomic E-state index is 0.591. The van der Waals surface area contributed by atoms with Crippen LogP contribution >= 0.6 is 11.6 Å². The van der Waals surface area contributed by atoms with Crippen LogP contribution in [0.15, 0.2) is 24.3 Å². The molecule has 0 nitrogen and oxygen atoms in total. The Bertz CT molecular complexity index is 512. The highest BCUT2D eigenvalue weighted by atomic mass is 35.5. The standard InChI is InChI=1S/C14H15Cl/c1-9-10(2)12-6-4-5-7-13(12)14(8-15)11(9)3/h4-7H,8H2,1-3H3. The van der Waals surface area contributed by atoms with Gasteiger partial charge in [-0.25, -0.2) is 0 Å². The third-order valence-corrected chi connectivity index (χ3v) is 3.63. The van der Waals surface area contributed by atoms with E-state index in [2.05, 4.69) is 45.0 Å². The zero-order chi connectivity index (χ0) is 11.0. The molecule has 0 aliphatic rings. The van der Waals surface area contributed by atoms with Crippen molar-refractivity contribution in [2.75, 3.05) is 0 Å². The Kier molecular flexibility index (Phi) is 2.70. The van der Waals surface area contributed by atoms with Crippen LogP contribution in [0.25, 0.3) is 10.8 Å². The van der Waals surface area contributed by atoms with Crippen LogP contribution in [0.2, 0.25) is 0 Å². The lowest BCUT2D eigenvalue weighted by atomic mass is 9.92. The van der Waals surface area contributed by atoms with Crippen molar-refractivity contribution in [3.05, 3.63) is 46.5 Å². The van der Waals surface area contributed by atoms with Gasteiger partial charge < -0.3 is 0 Å². The normalized spacial score (nSPS) is 10.9. The molecule has 0 N–H and O–H groups in total. The number of hydrogen-bond acceptors (Lipinski definition) is 0. The molecule has 15 heavy (non-hydrogen) atoms. The van der Waals surface area contributed by atoms with Crippen molar-refractivity contribution in [3.8, 4) is 0 Å². The van der Waals surface area contributed by atoms with Gasteiger partial charge in [-0.1, -0.05) is 24.3 Å². The van der Waals surface area contributed by atoms with Crippen molar-refractivity contribution < 1.29 is 0 Å². The number of aryl methyl sites for hydroxylation is 1. The van der Waals surface area contributed by atoms with E-state index in [1.807, 2.05) is 0 Å². The monoisotopic (exact) mass is 218 g/mol. The van der Waals surface area contributed by atoms with Crippen molar-refractivity contribution in [1.82, 2.24) is 0 Å². The molecule has 0 heterocycles. The van der Waals surface area contributed by atoms with E-state index in [4.69, 9.17) is 11.6 Å². The third-order valence-electron chi connectivity index (χ3n) is 3.37. The molecule has 0 amide bonds. The molecule has 0 aliphatic heterocycles. The second-order valence-corrected chi connectivity index (χ2v) is 4.30. The summed E-state index contributed by atoms with van der Waals surface area (Å²) < 4.78 is 0. The average molecular weight is 219 g/mol. The molecule has 0 aromatic heterocycles. The van der Waals surface area contributed by atoms with Crippen molar-refractivity contribution in [2.24, 2.45) is 0 Å². The lowest BCUT2D eigenvalue weighted by Gasteiger charge is -2.14. The molecule has 0 atom stereocenters. The molecular formula is C14H15Cl. The third kappa shape index (κ3) is 1.53. The van der Waals surface area contributed by atoms with E-state index in [0.29, 0.717) is 5.88 Å². The zero-order valence-electron chi connectivity index (χ0n) is 9.39. The van der Waals surface area contributed by atoms with Crippen LogP contribution in [0.3, 0.4) is 0 Å². The van der Waals surface area contributed by atoms with Gasteiger partial charge in [-0.15, -0.1) is 11.6 Å². The Morgan fingerprint density at radius 1 is 0.867 bits per heavy atom. The van der Waals surface area contributed by atoms with Gasteiger partial charge in [0.2, 0.25) is 0 Å². The van der Waals surface area contributed by atoms with E-state index < -0.39 is 0 Å². The molecule has 0 spiro atoms. The van der Waals surface area contributed by atoms with Gasteiger partial charge in [-0.2, -0.15) is 0 Å². The molecule has 78 valence electrons. The van der Waals surface area contributed by atoms with Gasteiger partial charge in [0, 0.05) is 5.88 Å². The Labute approximate surface area is 95.9 Å². The molecule has 0 saturated carbocycles. The van der Waals surface area contributed by atoms with Gasteiger partial charge in [-0.3, -0.25) is 0 Å². The lowest BCUT2D eigenvalue weighted by molar-refractivity contribution is 1.23. The van der Waals surface area contributed by atoms with Crippen LogP contribution in [-0.4, -0.2) is 0 Å². The van der Waals surface area contributed by atoms with Gasteiger partial charge in [0.25, 0.3) is 0 Å². The molecule has 0 saturated heterocycles. The number of rotatable bonds is 1. The summed E-state index contributed by atoms with van der Waals surface area (Å²) in [7, 11) is 0. The zero-order valence-corrected chi connectivity index (χ0v) is 10.2. The fraction of sp³-hybridized carbons (Fsp3) is 0.286. The predicted octanol–water partition coefficient (Wildman–Crippen LogP) is 4.50. The molecule has 0 fully saturated rings. The number of benzene rings is 2. The van der Waals surface area contributed by atoms with Gasteiger partial charge in [0.05, 0.1) is 0 Å². The van der Waals surface area contributed by atoms with E-state index in [1.54, 1.807) is 0 Å². The summed E-state index contributed by atoms with van der Waals surface area (Å²) in [5.74, 6) is 0.591. The van der Waals surface area contributed by atoms with Crippen molar-refractivity contribution in [2.45, 2.75) is 26.7 Å². The highest BCUT2D eigenvalue weighted by molar-refractivity contribution is 6.18. The van der Waals surface area contributed by atoms with Crippen molar-refractivity contribution in [1.29, 1.82) is 0 Å². The van der Waals surface area contributed by atoms with E-state index in [9.17, 15) is 0 Å². The second-order valence-electron chi connectivity index (χ2n) is 4.03.